The molecule has 1 fully saturated rings. The molecule has 4 aromatic rings. The molecule has 0 atom stereocenters. The van der Waals surface area contributed by atoms with Gasteiger partial charge in [-0.3, -0.25) is 9.69 Å². The van der Waals surface area contributed by atoms with Crippen molar-refractivity contribution in [1.29, 1.82) is 0 Å². The van der Waals surface area contributed by atoms with E-state index in [0.29, 0.717) is 37.6 Å². The van der Waals surface area contributed by atoms with Gasteiger partial charge in [-0.15, -0.1) is 0 Å². The van der Waals surface area contributed by atoms with E-state index in [1.165, 1.54) is 7.11 Å². The molecular formula is C31H38N6O3. The van der Waals surface area contributed by atoms with E-state index in [0.717, 1.165) is 78.5 Å². The minimum absolute atomic E-state index is 0.101. The number of hydrogen-bond donors (Lipinski definition) is 1. The van der Waals surface area contributed by atoms with E-state index < -0.39 is 0 Å². The number of amides is 1. The molecule has 1 amide bonds. The van der Waals surface area contributed by atoms with Gasteiger partial charge in [0.2, 0.25) is 5.91 Å². The van der Waals surface area contributed by atoms with Gasteiger partial charge in [0.1, 0.15) is 11.3 Å². The van der Waals surface area contributed by atoms with Crippen LogP contribution in [0.4, 0.5) is 5.82 Å². The molecule has 2 N–H and O–H groups in total. The zero-order chi connectivity index (χ0) is 28.1. The van der Waals surface area contributed by atoms with Gasteiger partial charge in [-0.1, -0.05) is 43.7 Å². The van der Waals surface area contributed by atoms with E-state index in [-0.39, 0.29) is 11.9 Å². The molecule has 1 saturated heterocycles. The third-order valence-electron chi connectivity index (χ3n) is 7.63. The van der Waals surface area contributed by atoms with Crippen molar-refractivity contribution in [3.05, 3.63) is 65.5 Å². The molecule has 2 aromatic heterocycles. The van der Waals surface area contributed by atoms with Gasteiger partial charge in [0.15, 0.2) is 5.82 Å². The van der Waals surface area contributed by atoms with Gasteiger partial charge in [0.05, 0.1) is 30.3 Å². The maximum atomic E-state index is 13.4. The molecule has 40 heavy (non-hydrogen) atoms. The molecule has 5 rings (SSSR count). The van der Waals surface area contributed by atoms with Crippen LogP contribution in [-0.2, 0) is 29.0 Å². The summed E-state index contributed by atoms with van der Waals surface area (Å²) in [6, 6.07) is 15.4. The summed E-state index contributed by atoms with van der Waals surface area (Å²) in [6.07, 6.45) is 4.85. The van der Waals surface area contributed by atoms with Crippen molar-refractivity contribution >= 4 is 39.6 Å². The number of hydrogen-bond acceptors (Lipinski definition) is 7. The second kappa shape index (κ2) is 12.5. The van der Waals surface area contributed by atoms with Crippen molar-refractivity contribution in [2.75, 3.05) is 39.0 Å². The van der Waals surface area contributed by atoms with Gasteiger partial charge in [-0.2, -0.15) is 0 Å². The Morgan fingerprint density at radius 1 is 1.07 bits per heavy atom. The number of likely N-dealkylation sites (tertiary alicyclic amines) is 1. The van der Waals surface area contributed by atoms with Crippen LogP contribution in [0.1, 0.15) is 54.4 Å². The number of nitrogens with zero attached hydrogens (tertiary/aromatic N) is 5. The first-order chi connectivity index (χ1) is 19.5. The third kappa shape index (κ3) is 5.94. The number of aryl methyl sites for hydroxylation is 2. The summed E-state index contributed by atoms with van der Waals surface area (Å²) >= 11 is 0. The van der Waals surface area contributed by atoms with Gasteiger partial charge in [0, 0.05) is 31.4 Å². The standard InChI is InChI=1S/C31H38N6O3/c1-3-4-14-26-34-28-29(24-12-5-6-13-25(24)33-30(28)32)37(26)18-9-17-36(27(38)21-35-15-8-16-35)20-22-10-7-11-23(19-22)31(39)40-2/h5-7,10-13,19H,3-4,8-9,14-18,20-21H2,1-2H3,(H2,32,33). The summed E-state index contributed by atoms with van der Waals surface area (Å²) in [5.41, 5.74) is 10.4. The first-order valence-electron chi connectivity index (χ1n) is 14.2. The molecule has 3 heterocycles. The third-order valence-corrected chi connectivity index (χ3v) is 7.63. The molecule has 210 valence electrons. The van der Waals surface area contributed by atoms with Crippen LogP contribution in [0.2, 0.25) is 0 Å². The molecule has 2 aromatic carbocycles. The number of unbranched alkanes of at least 4 members (excludes halogenated alkanes) is 1. The van der Waals surface area contributed by atoms with Crippen molar-refractivity contribution in [3.8, 4) is 0 Å². The van der Waals surface area contributed by atoms with E-state index in [2.05, 4.69) is 27.4 Å². The normalized spacial score (nSPS) is 13.4. The molecule has 9 nitrogen and oxygen atoms in total. The first kappa shape index (κ1) is 27.6. The van der Waals surface area contributed by atoms with E-state index in [1.807, 2.05) is 41.3 Å². The number of ether oxygens (including phenoxy) is 1. The zero-order valence-corrected chi connectivity index (χ0v) is 23.4. The number of anilines is 1. The summed E-state index contributed by atoms with van der Waals surface area (Å²) < 4.78 is 7.17. The predicted molar refractivity (Wildman–Crippen MR) is 157 cm³/mol. The summed E-state index contributed by atoms with van der Waals surface area (Å²) in [5, 5.41) is 1.03. The van der Waals surface area contributed by atoms with E-state index in [9.17, 15) is 9.59 Å². The lowest BCUT2D eigenvalue weighted by molar-refractivity contribution is -0.134. The van der Waals surface area contributed by atoms with Gasteiger partial charge >= 0.3 is 5.97 Å². The topological polar surface area (TPSA) is 107 Å². The fourth-order valence-corrected chi connectivity index (χ4v) is 5.35. The molecule has 0 bridgehead atoms. The molecule has 9 heteroatoms. The number of nitrogens with two attached hydrogens (primary N) is 1. The lowest BCUT2D eigenvalue weighted by Crippen LogP contribution is -2.46. The SMILES string of the molecule is CCCCc1nc2c(N)nc3ccccc3c2n1CCCN(Cc1cccc(C(=O)OC)c1)C(=O)CN1CCC1. The van der Waals surface area contributed by atoms with Crippen LogP contribution >= 0.6 is 0 Å². The highest BCUT2D eigenvalue weighted by Gasteiger charge is 2.23. The van der Waals surface area contributed by atoms with Crippen molar-refractivity contribution in [2.24, 2.45) is 0 Å². The maximum absolute atomic E-state index is 13.4. The molecule has 0 aliphatic carbocycles. The Labute approximate surface area is 234 Å². The largest absolute Gasteiger partial charge is 0.465 e. The molecule has 0 radical (unpaired) electrons. The van der Waals surface area contributed by atoms with Gasteiger partial charge in [-0.25, -0.2) is 14.8 Å². The van der Waals surface area contributed by atoms with Crippen LogP contribution in [0.15, 0.2) is 48.5 Å². The Hall–Kier alpha value is -3.98. The van der Waals surface area contributed by atoms with Gasteiger partial charge in [-0.05, 0) is 56.1 Å². The molecule has 0 unspecified atom stereocenters. The molecule has 0 saturated carbocycles. The minimum atomic E-state index is -0.382. The number of nitrogen functional groups attached to an aromatic ring is 1. The summed E-state index contributed by atoms with van der Waals surface area (Å²) in [5.74, 6) is 1.17. The van der Waals surface area contributed by atoms with E-state index in [1.54, 1.807) is 6.07 Å². The number of pyridine rings is 1. The first-order valence-corrected chi connectivity index (χ1v) is 14.2. The summed E-state index contributed by atoms with van der Waals surface area (Å²) in [7, 11) is 1.37. The maximum Gasteiger partial charge on any atom is 0.337 e. The van der Waals surface area contributed by atoms with Crippen molar-refractivity contribution in [1.82, 2.24) is 24.3 Å². The van der Waals surface area contributed by atoms with E-state index >= 15 is 0 Å². The number of imidazole rings is 1. The molecule has 1 aliphatic heterocycles. The van der Waals surface area contributed by atoms with Crippen LogP contribution in [-0.4, -0.2) is 69.5 Å². The summed E-state index contributed by atoms with van der Waals surface area (Å²) in [6.45, 7) is 6.24. The molecule has 0 spiro atoms. The monoisotopic (exact) mass is 542 g/mol. The van der Waals surface area contributed by atoms with Crippen LogP contribution in [0.3, 0.4) is 0 Å². The highest BCUT2D eigenvalue weighted by Crippen LogP contribution is 2.29. The average Bonchev–Trinajstić information content (AvgIpc) is 3.32. The van der Waals surface area contributed by atoms with E-state index in [4.69, 9.17) is 15.5 Å². The number of carbonyl (C=O) groups is 2. The van der Waals surface area contributed by atoms with Crippen molar-refractivity contribution < 1.29 is 14.3 Å². The fraction of sp³-hybridized carbons (Fsp3) is 0.419. The zero-order valence-electron chi connectivity index (χ0n) is 23.4. The average molecular weight is 543 g/mol. The van der Waals surface area contributed by atoms with Gasteiger partial charge < -0.3 is 19.9 Å². The Morgan fingerprint density at radius 2 is 1.90 bits per heavy atom. The Morgan fingerprint density at radius 3 is 2.65 bits per heavy atom. The molecule has 1 aliphatic rings. The fourth-order valence-electron chi connectivity index (χ4n) is 5.35. The number of para-hydroxylation sites is 1. The van der Waals surface area contributed by atoms with Crippen LogP contribution in [0.5, 0.6) is 0 Å². The minimum Gasteiger partial charge on any atom is -0.465 e. The Bertz CT molecular complexity index is 1510. The van der Waals surface area contributed by atoms with Crippen LogP contribution < -0.4 is 5.73 Å². The highest BCUT2D eigenvalue weighted by molar-refractivity contribution is 6.06. The van der Waals surface area contributed by atoms with Crippen molar-refractivity contribution in [3.63, 3.8) is 0 Å². The smallest absolute Gasteiger partial charge is 0.337 e. The summed E-state index contributed by atoms with van der Waals surface area (Å²) in [4.78, 5) is 39.1. The lowest BCUT2D eigenvalue weighted by atomic mass is 10.1. The number of benzene rings is 2. The Kier molecular flexibility index (Phi) is 8.60. The second-order valence-corrected chi connectivity index (χ2v) is 10.5. The predicted octanol–water partition coefficient (Wildman–Crippen LogP) is 4.42. The number of fused-ring (bicyclic) bond motifs is 3. The highest BCUT2D eigenvalue weighted by atomic mass is 16.5. The van der Waals surface area contributed by atoms with Crippen LogP contribution in [0.25, 0.3) is 21.9 Å². The second-order valence-electron chi connectivity index (χ2n) is 10.5. The van der Waals surface area contributed by atoms with Gasteiger partial charge in [0.25, 0.3) is 0 Å². The lowest BCUT2D eigenvalue weighted by Gasteiger charge is -2.33. The van der Waals surface area contributed by atoms with Crippen molar-refractivity contribution in [2.45, 2.75) is 52.1 Å². The number of carbonyl (C=O) groups excluding carboxylic acids is 2. The Balaban J connectivity index is 1.40. The number of methoxy groups -OCH3 is 1. The molecular weight excluding hydrogens is 504 g/mol. The quantitative estimate of drug-likeness (QED) is 0.264. The number of esters is 1. The number of rotatable bonds is 12. The van der Waals surface area contributed by atoms with Crippen LogP contribution in [0, 0.1) is 0 Å². The number of aromatic nitrogens is 3.